The first-order chi connectivity index (χ1) is 9.74. The highest BCUT2D eigenvalue weighted by atomic mass is 32.1. The second kappa shape index (κ2) is 9.91. The highest BCUT2D eigenvalue weighted by Gasteiger charge is 2.06. The van der Waals surface area contributed by atoms with E-state index < -0.39 is 0 Å². The summed E-state index contributed by atoms with van der Waals surface area (Å²) >= 11 is 1.76. The van der Waals surface area contributed by atoms with Crippen LogP contribution in [0.3, 0.4) is 0 Å². The third-order valence-corrected chi connectivity index (χ3v) is 4.19. The van der Waals surface area contributed by atoms with E-state index in [0.29, 0.717) is 0 Å². The molecular formula is C15H27N3OS. The number of aromatic nitrogens is 1. The topological polar surface area (TPSA) is 37.4 Å². The molecule has 0 saturated heterocycles. The maximum Gasteiger partial charge on any atom is 0.185 e. The number of nitrogens with one attached hydrogen (secondary N) is 1. The van der Waals surface area contributed by atoms with Crippen LogP contribution in [-0.4, -0.2) is 44.9 Å². The lowest BCUT2D eigenvalue weighted by Crippen LogP contribution is -2.21. The first-order valence-corrected chi connectivity index (χ1v) is 8.16. The molecule has 0 fully saturated rings. The standard InChI is InChI=1S/C15H27N3OS/c1-5-13(11-16-8-9-19-4)10-14-12-17-15(20-14)18(6-2)7-3/h10,12,16H,5-9,11H2,1-4H3. The summed E-state index contributed by atoms with van der Waals surface area (Å²) in [7, 11) is 1.73. The Bertz CT molecular complexity index is 400. The number of rotatable bonds is 10. The molecule has 4 nitrogen and oxygen atoms in total. The van der Waals surface area contributed by atoms with Crippen molar-refractivity contribution in [1.82, 2.24) is 10.3 Å². The molecule has 0 aromatic carbocycles. The molecule has 0 aliphatic carbocycles. The van der Waals surface area contributed by atoms with Gasteiger partial charge < -0.3 is 15.0 Å². The molecule has 5 heteroatoms. The van der Waals surface area contributed by atoms with Gasteiger partial charge in [0.2, 0.25) is 0 Å². The summed E-state index contributed by atoms with van der Waals surface area (Å²) in [4.78, 5) is 8.03. The zero-order chi connectivity index (χ0) is 14.8. The Kier molecular flexibility index (Phi) is 8.49. The van der Waals surface area contributed by atoms with E-state index in [0.717, 1.165) is 44.3 Å². The van der Waals surface area contributed by atoms with Crippen LogP contribution in [0.25, 0.3) is 6.08 Å². The van der Waals surface area contributed by atoms with Crippen molar-refractivity contribution in [3.8, 4) is 0 Å². The average molecular weight is 297 g/mol. The van der Waals surface area contributed by atoms with E-state index >= 15 is 0 Å². The molecule has 0 amide bonds. The molecule has 0 atom stereocenters. The van der Waals surface area contributed by atoms with Gasteiger partial charge in [0.25, 0.3) is 0 Å². The molecule has 20 heavy (non-hydrogen) atoms. The van der Waals surface area contributed by atoms with E-state index in [1.54, 1.807) is 18.4 Å². The van der Waals surface area contributed by atoms with Gasteiger partial charge in [-0.3, -0.25) is 0 Å². The van der Waals surface area contributed by atoms with E-state index in [4.69, 9.17) is 4.74 Å². The van der Waals surface area contributed by atoms with Crippen LogP contribution in [0.4, 0.5) is 5.13 Å². The molecule has 1 aromatic heterocycles. The Morgan fingerprint density at radius 2 is 2.15 bits per heavy atom. The van der Waals surface area contributed by atoms with Crippen LogP contribution < -0.4 is 10.2 Å². The van der Waals surface area contributed by atoms with Crippen molar-refractivity contribution in [2.75, 3.05) is 44.8 Å². The van der Waals surface area contributed by atoms with Gasteiger partial charge in [0, 0.05) is 44.4 Å². The molecule has 0 unspecified atom stereocenters. The summed E-state index contributed by atoms with van der Waals surface area (Å²) in [5.41, 5.74) is 1.40. The van der Waals surface area contributed by atoms with Crippen molar-refractivity contribution in [3.63, 3.8) is 0 Å². The third kappa shape index (κ3) is 5.61. The van der Waals surface area contributed by atoms with E-state index in [9.17, 15) is 0 Å². The van der Waals surface area contributed by atoms with Crippen LogP contribution in [0, 0.1) is 0 Å². The molecule has 1 heterocycles. The normalized spacial score (nSPS) is 11.9. The fraction of sp³-hybridized carbons (Fsp3) is 0.667. The number of nitrogens with zero attached hydrogens (tertiary/aromatic N) is 2. The molecular weight excluding hydrogens is 270 g/mol. The van der Waals surface area contributed by atoms with Crippen molar-refractivity contribution in [3.05, 3.63) is 16.6 Å². The van der Waals surface area contributed by atoms with E-state index in [2.05, 4.69) is 42.0 Å². The number of ether oxygens (including phenoxy) is 1. The minimum absolute atomic E-state index is 0.754. The predicted molar refractivity (Wildman–Crippen MR) is 88.7 cm³/mol. The molecule has 114 valence electrons. The van der Waals surface area contributed by atoms with E-state index in [-0.39, 0.29) is 0 Å². The van der Waals surface area contributed by atoms with Crippen molar-refractivity contribution < 1.29 is 4.74 Å². The Hall–Kier alpha value is -0.910. The van der Waals surface area contributed by atoms with Gasteiger partial charge in [-0.15, -0.1) is 0 Å². The highest BCUT2D eigenvalue weighted by molar-refractivity contribution is 7.16. The van der Waals surface area contributed by atoms with Crippen molar-refractivity contribution in [1.29, 1.82) is 0 Å². The van der Waals surface area contributed by atoms with Gasteiger partial charge in [-0.2, -0.15) is 0 Å². The van der Waals surface area contributed by atoms with Gasteiger partial charge in [0.05, 0.1) is 6.61 Å². The first-order valence-electron chi connectivity index (χ1n) is 7.34. The molecule has 0 radical (unpaired) electrons. The summed E-state index contributed by atoms with van der Waals surface area (Å²) in [6.45, 7) is 11.1. The molecule has 1 rings (SSSR count). The second-order valence-corrected chi connectivity index (χ2v) is 5.58. The monoisotopic (exact) mass is 297 g/mol. The molecule has 1 aromatic rings. The number of hydrogen-bond donors (Lipinski definition) is 1. The van der Waals surface area contributed by atoms with E-state index in [1.807, 2.05) is 6.20 Å². The second-order valence-electron chi connectivity index (χ2n) is 4.54. The molecule has 0 saturated carbocycles. The SMILES string of the molecule is CCC(=Cc1cnc(N(CC)CC)s1)CNCCOC. The molecule has 0 aliphatic heterocycles. The van der Waals surface area contributed by atoms with Gasteiger partial charge in [-0.1, -0.05) is 23.8 Å². The summed E-state index contributed by atoms with van der Waals surface area (Å²) in [6, 6.07) is 0. The highest BCUT2D eigenvalue weighted by Crippen LogP contribution is 2.24. The summed E-state index contributed by atoms with van der Waals surface area (Å²) in [5.74, 6) is 0. The molecule has 0 bridgehead atoms. The summed E-state index contributed by atoms with van der Waals surface area (Å²) in [5, 5.41) is 4.50. The van der Waals surface area contributed by atoms with Crippen molar-refractivity contribution >= 4 is 22.5 Å². The van der Waals surface area contributed by atoms with E-state index in [1.165, 1.54) is 10.5 Å². The number of hydrogen-bond acceptors (Lipinski definition) is 5. The quantitative estimate of drug-likeness (QED) is 0.674. The van der Waals surface area contributed by atoms with Crippen LogP contribution >= 0.6 is 11.3 Å². The number of thiazole rings is 1. The smallest absolute Gasteiger partial charge is 0.185 e. The Morgan fingerprint density at radius 1 is 1.40 bits per heavy atom. The Morgan fingerprint density at radius 3 is 2.75 bits per heavy atom. The average Bonchev–Trinajstić information content (AvgIpc) is 2.92. The van der Waals surface area contributed by atoms with Gasteiger partial charge in [0.1, 0.15) is 0 Å². The minimum Gasteiger partial charge on any atom is -0.383 e. The summed E-state index contributed by atoms with van der Waals surface area (Å²) in [6.07, 6.45) is 5.28. The van der Waals surface area contributed by atoms with Crippen LogP contribution in [0.1, 0.15) is 32.1 Å². The first kappa shape index (κ1) is 17.1. The van der Waals surface area contributed by atoms with Gasteiger partial charge in [-0.05, 0) is 26.3 Å². The largest absolute Gasteiger partial charge is 0.383 e. The van der Waals surface area contributed by atoms with Crippen molar-refractivity contribution in [2.45, 2.75) is 27.2 Å². The maximum atomic E-state index is 5.03. The Balaban J connectivity index is 2.61. The van der Waals surface area contributed by atoms with Gasteiger partial charge in [-0.25, -0.2) is 4.98 Å². The fourth-order valence-corrected chi connectivity index (χ4v) is 2.92. The zero-order valence-corrected chi connectivity index (χ0v) is 13.9. The van der Waals surface area contributed by atoms with Gasteiger partial charge >= 0.3 is 0 Å². The number of methoxy groups -OCH3 is 1. The van der Waals surface area contributed by atoms with Crippen LogP contribution in [-0.2, 0) is 4.74 Å². The van der Waals surface area contributed by atoms with Crippen LogP contribution in [0.15, 0.2) is 11.8 Å². The lowest BCUT2D eigenvalue weighted by molar-refractivity contribution is 0.200. The third-order valence-electron chi connectivity index (χ3n) is 3.18. The minimum atomic E-state index is 0.754. The maximum absolute atomic E-state index is 5.03. The number of anilines is 1. The van der Waals surface area contributed by atoms with Crippen molar-refractivity contribution in [2.24, 2.45) is 0 Å². The molecule has 0 aliphatic rings. The lowest BCUT2D eigenvalue weighted by Gasteiger charge is -2.16. The van der Waals surface area contributed by atoms with Crippen LogP contribution in [0.5, 0.6) is 0 Å². The predicted octanol–water partition coefficient (Wildman–Crippen LogP) is 3.02. The van der Waals surface area contributed by atoms with Crippen LogP contribution in [0.2, 0.25) is 0 Å². The molecule has 1 N–H and O–H groups in total. The fourth-order valence-electron chi connectivity index (χ4n) is 1.89. The molecule has 0 spiro atoms. The zero-order valence-electron chi connectivity index (χ0n) is 13.1. The lowest BCUT2D eigenvalue weighted by atomic mass is 10.2. The van der Waals surface area contributed by atoms with Gasteiger partial charge in [0.15, 0.2) is 5.13 Å². The summed E-state index contributed by atoms with van der Waals surface area (Å²) < 4.78 is 5.03. The Labute approximate surface area is 126 Å².